The molecule has 0 unspecified atom stereocenters. The molecule has 2 nitrogen and oxygen atoms in total. The maximum atomic E-state index is 13.8. The molecule has 1 aromatic heterocycles. The molecule has 78 valence electrons. The summed E-state index contributed by atoms with van der Waals surface area (Å²) >= 11 is 3.13. The molecule has 0 aliphatic carbocycles. The average molecular weight is 270 g/mol. The van der Waals surface area contributed by atoms with E-state index >= 15 is 0 Å². The van der Waals surface area contributed by atoms with Gasteiger partial charge in [0.15, 0.2) is 6.29 Å². The molecule has 0 saturated carbocycles. The van der Waals surface area contributed by atoms with E-state index in [9.17, 15) is 9.18 Å². The molecule has 0 fully saturated rings. The molecule has 2 rings (SSSR count). The van der Waals surface area contributed by atoms with Gasteiger partial charge in [-0.15, -0.1) is 0 Å². The highest BCUT2D eigenvalue weighted by Crippen LogP contribution is 2.30. The van der Waals surface area contributed by atoms with E-state index in [0.29, 0.717) is 21.1 Å². The van der Waals surface area contributed by atoms with Gasteiger partial charge in [-0.2, -0.15) is 0 Å². The maximum absolute atomic E-state index is 13.8. The van der Waals surface area contributed by atoms with Crippen LogP contribution < -0.4 is 0 Å². The van der Waals surface area contributed by atoms with E-state index in [1.54, 1.807) is 30.7 Å². The summed E-state index contributed by atoms with van der Waals surface area (Å²) in [5.74, 6) is -0.311. The molecule has 15 heavy (non-hydrogen) atoms. The summed E-state index contributed by atoms with van der Waals surface area (Å²) in [6, 6.07) is 3.44. The SMILES string of the molecule is Cc1c(C=O)n(C)c2ccc(Br)c(F)c12. The van der Waals surface area contributed by atoms with Crippen LogP contribution in [0.5, 0.6) is 0 Å². The van der Waals surface area contributed by atoms with Crippen molar-refractivity contribution in [2.75, 3.05) is 0 Å². The Balaban J connectivity index is 3.02. The van der Waals surface area contributed by atoms with Crippen LogP contribution in [0.3, 0.4) is 0 Å². The van der Waals surface area contributed by atoms with Gasteiger partial charge in [0.2, 0.25) is 0 Å². The Hall–Kier alpha value is -1.16. The largest absolute Gasteiger partial charge is 0.341 e. The molecular weight excluding hydrogens is 261 g/mol. The third kappa shape index (κ3) is 1.32. The Bertz CT molecular complexity index is 559. The fraction of sp³-hybridized carbons (Fsp3) is 0.182. The maximum Gasteiger partial charge on any atom is 0.166 e. The summed E-state index contributed by atoms with van der Waals surface area (Å²) in [6.07, 6.45) is 0.753. The van der Waals surface area contributed by atoms with E-state index in [0.717, 1.165) is 11.8 Å². The van der Waals surface area contributed by atoms with Crippen molar-refractivity contribution in [1.29, 1.82) is 0 Å². The summed E-state index contributed by atoms with van der Waals surface area (Å²) in [7, 11) is 1.76. The highest BCUT2D eigenvalue weighted by Gasteiger charge is 2.15. The molecule has 0 bridgehead atoms. The quantitative estimate of drug-likeness (QED) is 0.729. The minimum Gasteiger partial charge on any atom is -0.341 e. The topological polar surface area (TPSA) is 22.0 Å². The van der Waals surface area contributed by atoms with Crippen molar-refractivity contribution in [3.8, 4) is 0 Å². The van der Waals surface area contributed by atoms with Crippen LogP contribution in [0.4, 0.5) is 4.39 Å². The van der Waals surface area contributed by atoms with Crippen LogP contribution in [0, 0.1) is 12.7 Å². The van der Waals surface area contributed by atoms with E-state index in [1.807, 2.05) is 0 Å². The minimum absolute atomic E-state index is 0.311. The smallest absolute Gasteiger partial charge is 0.166 e. The Morgan fingerprint density at radius 2 is 2.13 bits per heavy atom. The number of aromatic nitrogens is 1. The lowest BCUT2D eigenvalue weighted by atomic mass is 10.1. The molecule has 1 heterocycles. The number of fused-ring (bicyclic) bond motifs is 1. The van der Waals surface area contributed by atoms with Crippen LogP contribution in [0.15, 0.2) is 16.6 Å². The van der Waals surface area contributed by atoms with Gasteiger partial charge in [-0.3, -0.25) is 4.79 Å². The third-order valence-electron chi connectivity index (χ3n) is 2.67. The number of hydrogen-bond acceptors (Lipinski definition) is 1. The Morgan fingerprint density at radius 3 is 2.73 bits per heavy atom. The van der Waals surface area contributed by atoms with E-state index in [4.69, 9.17) is 0 Å². The van der Waals surface area contributed by atoms with Crippen molar-refractivity contribution < 1.29 is 9.18 Å². The normalized spacial score (nSPS) is 10.9. The number of aldehydes is 1. The predicted molar refractivity (Wildman–Crippen MR) is 60.7 cm³/mol. The van der Waals surface area contributed by atoms with E-state index in [1.165, 1.54) is 0 Å². The van der Waals surface area contributed by atoms with Crippen molar-refractivity contribution in [3.63, 3.8) is 0 Å². The predicted octanol–water partition coefficient (Wildman–Crippen LogP) is 3.20. The Morgan fingerprint density at radius 1 is 1.47 bits per heavy atom. The van der Waals surface area contributed by atoms with Crippen molar-refractivity contribution in [1.82, 2.24) is 4.57 Å². The number of hydrogen-bond donors (Lipinski definition) is 0. The molecule has 0 aliphatic rings. The van der Waals surface area contributed by atoms with Gasteiger partial charge in [0.25, 0.3) is 0 Å². The fourth-order valence-electron chi connectivity index (χ4n) is 1.85. The zero-order valence-electron chi connectivity index (χ0n) is 8.34. The summed E-state index contributed by atoms with van der Waals surface area (Å²) in [5.41, 5.74) is 1.93. The monoisotopic (exact) mass is 269 g/mol. The van der Waals surface area contributed by atoms with Crippen molar-refractivity contribution >= 4 is 33.1 Å². The van der Waals surface area contributed by atoms with Crippen molar-refractivity contribution in [2.45, 2.75) is 6.92 Å². The summed E-state index contributed by atoms with van der Waals surface area (Å²) < 4.78 is 15.9. The van der Waals surface area contributed by atoms with Gasteiger partial charge >= 0.3 is 0 Å². The number of halogens is 2. The van der Waals surface area contributed by atoms with Crippen LogP contribution in [-0.4, -0.2) is 10.9 Å². The molecule has 0 N–H and O–H groups in total. The average Bonchev–Trinajstić information content (AvgIpc) is 2.45. The Kier molecular flexibility index (Phi) is 2.38. The second kappa shape index (κ2) is 3.45. The molecule has 0 aliphatic heterocycles. The van der Waals surface area contributed by atoms with Gasteiger partial charge in [-0.05, 0) is 40.5 Å². The molecule has 0 radical (unpaired) electrons. The van der Waals surface area contributed by atoms with Crippen molar-refractivity contribution in [3.05, 3.63) is 33.7 Å². The first-order chi connectivity index (χ1) is 7.07. The van der Waals surface area contributed by atoms with Crippen LogP contribution in [-0.2, 0) is 7.05 Å². The first-order valence-electron chi connectivity index (χ1n) is 4.46. The van der Waals surface area contributed by atoms with Gasteiger partial charge in [-0.25, -0.2) is 4.39 Å². The lowest BCUT2D eigenvalue weighted by Crippen LogP contribution is -1.94. The first-order valence-corrected chi connectivity index (χ1v) is 5.25. The third-order valence-corrected chi connectivity index (χ3v) is 3.28. The zero-order valence-corrected chi connectivity index (χ0v) is 9.93. The molecule has 4 heteroatoms. The standard InChI is InChI=1S/C11H9BrFNO/c1-6-9(5-15)14(2)8-4-3-7(12)11(13)10(6)8/h3-5H,1-2H3. The van der Waals surface area contributed by atoms with Crippen molar-refractivity contribution in [2.24, 2.45) is 7.05 Å². The van der Waals surface area contributed by atoms with Crippen LogP contribution in [0.25, 0.3) is 10.9 Å². The molecule has 0 saturated heterocycles. The number of rotatable bonds is 1. The highest BCUT2D eigenvalue weighted by molar-refractivity contribution is 9.10. The number of carbonyl (C=O) groups excluding carboxylic acids is 1. The molecule has 2 aromatic rings. The summed E-state index contributed by atoms with van der Waals surface area (Å²) in [6.45, 7) is 1.75. The van der Waals surface area contributed by atoms with E-state index in [-0.39, 0.29) is 5.82 Å². The Labute approximate surface area is 94.8 Å². The molecule has 0 amide bonds. The highest BCUT2D eigenvalue weighted by atomic mass is 79.9. The number of carbonyl (C=O) groups is 1. The molecule has 0 atom stereocenters. The van der Waals surface area contributed by atoms with Gasteiger partial charge in [-0.1, -0.05) is 0 Å². The second-order valence-corrected chi connectivity index (χ2v) is 4.30. The lowest BCUT2D eigenvalue weighted by Gasteiger charge is -1.99. The van der Waals surface area contributed by atoms with Gasteiger partial charge in [0, 0.05) is 12.4 Å². The second-order valence-electron chi connectivity index (χ2n) is 3.44. The number of aryl methyl sites for hydroxylation is 2. The van der Waals surface area contributed by atoms with Gasteiger partial charge in [0.05, 0.1) is 15.7 Å². The number of nitrogens with zero attached hydrogens (tertiary/aromatic N) is 1. The molecule has 0 spiro atoms. The van der Waals surface area contributed by atoms with Crippen LogP contribution in [0.1, 0.15) is 16.1 Å². The van der Waals surface area contributed by atoms with Gasteiger partial charge in [0.1, 0.15) is 5.82 Å². The summed E-state index contributed by atoms with van der Waals surface area (Å²) in [4.78, 5) is 10.9. The van der Waals surface area contributed by atoms with E-state index in [2.05, 4.69) is 15.9 Å². The summed E-state index contributed by atoms with van der Waals surface area (Å²) in [5, 5.41) is 0.508. The number of benzene rings is 1. The minimum atomic E-state index is -0.311. The fourth-order valence-corrected chi connectivity index (χ4v) is 2.18. The van der Waals surface area contributed by atoms with Gasteiger partial charge < -0.3 is 4.57 Å². The lowest BCUT2D eigenvalue weighted by molar-refractivity contribution is 0.111. The first kappa shape index (κ1) is 10.4. The van der Waals surface area contributed by atoms with Crippen LogP contribution in [0.2, 0.25) is 0 Å². The van der Waals surface area contributed by atoms with Crippen LogP contribution >= 0.6 is 15.9 Å². The molecular formula is C11H9BrFNO. The van der Waals surface area contributed by atoms with E-state index < -0.39 is 0 Å². The molecule has 1 aromatic carbocycles. The zero-order chi connectivity index (χ0) is 11.2.